The van der Waals surface area contributed by atoms with E-state index in [0.717, 1.165) is 42.6 Å². The van der Waals surface area contributed by atoms with Gasteiger partial charge in [-0.15, -0.1) is 0 Å². The summed E-state index contributed by atoms with van der Waals surface area (Å²) in [6.07, 6.45) is 4.91. The zero-order valence-electron chi connectivity index (χ0n) is 12.7. The SMILES string of the molecule is Cc1n[nH]c(C)c1CCC(=O)N(C)CC1(O)CCCC1. The van der Waals surface area contributed by atoms with Crippen molar-refractivity contribution in [3.8, 4) is 0 Å². The van der Waals surface area contributed by atoms with E-state index in [2.05, 4.69) is 10.2 Å². The molecule has 1 aliphatic rings. The van der Waals surface area contributed by atoms with Gasteiger partial charge in [0, 0.05) is 25.7 Å². The highest BCUT2D eigenvalue weighted by Crippen LogP contribution is 2.30. The molecule has 112 valence electrons. The smallest absolute Gasteiger partial charge is 0.222 e. The Balaban J connectivity index is 1.85. The van der Waals surface area contributed by atoms with Crippen LogP contribution in [0.25, 0.3) is 0 Å². The summed E-state index contributed by atoms with van der Waals surface area (Å²) in [5.41, 5.74) is 2.47. The van der Waals surface area contributed by atoms with Crippen LogP contribution in [-0.4, -0.2) is 45.3 Å². The van der Waals surface area contributed by atoms with Gasteiger partial charge in [-0.25, -0.2) is 0 Å². The molecule has 0 radical (unpaired) electrons. The van der Waals surface area contributed by atoms with Crippen LogP contribution in [-0.2, 0) is 11.2 Å². The summed E-state index contributed by atoms with van der Waals surface area (Å²) < 4.78 is 0. The first-order valence-corrected chi connectivity index (χ1v) is 7.38. The van der Waals surface area contributed by atoms with E-state index >= 15 is 0 Å². The Bertz CT molecular complexity index is 456. The topological polar surface area (TPSA) is 69.2 Å². The van der Waals surface area contributed by atoms with Crippen molar-refractivity contribution in [3.05, 3.63) is 17.0 Å². The fourth-order valence-electron chi connectivity index (χ4n) is 3.09. The zero-order valence-corrected chi connectivity index (χ0v) is 12.7. The van der Waals surface area contributed by atoms with E-state index in [9.17, 15) is 9.90 Å². The van der Waals surface area contributed by atoms with Crippen LogP contribution >= 0.6 is 0 Å². The first-order valence-electron chi connectivity index (χ1n) is 7.38. The highest BCUT2D eigenvalue weighted by Gasteiger charge is 2.33. The van der Waals surface area contributed by atoms with Gasteiger partial charge in [0.15, 0.2) is 0 Å². The minimum absolute atomic E-state index is 0.0883. The van der Waals surface area contributed by atoms with Crippen molar-refractivity contribution < 1.29 is 9.90 Å². The number of hydrogen-bond donors (Lipinski definition) is 2. The van der Waals surface area contributed by atoms with Crippen molar-refractivity contribution in [2.45, 2.75) is 58.0 Å². The Hall–Kier alpha value is -1.36. The standard InChI is InChI=1S/C15H25N3O2/c1-11-13(12(2)17-16-11)6-7-14(19)18(3)10-15(20)8-4-5-9-15/h20H,4-10H2,1-3H3,(H,16,17). The molecule has 1 amide bonds. The average molecular weight is 279 g/mol. The first kappa shape index (κ1) is 15.0. The van der Waals surface area contributed by atoms with Gasteiger partial charge in [-0.05, 0) is 38.7 Å². The van der Waals surface area contributed by atoms with Gasteiger partial charge in [-0.2, -0.15) is 5.10 Å². The third kappa shape index (κ3) is 3.39. The normalized spacial score (nSPS) is 17.4. The molecule has 1 fully saturated rings. The molecule has 2 rings (SSSR count). The summed E-state index contributed by atoms with van der Waals surface area (Å²) in [5.74, 6) is 0.0883. The summed E-state index contributed by atoms with van der Waals surface area (Å²) in [6, 6.07) is 0. The Morgan fingerprint density at radius 2 is 2.05 bits per heavy atom. The largest absolute Gasteiger partial charge is 0.388 e. The third-order valence-electron chi connectivity index (χ3n) is 4.36. The Morgan fingerprint density at radius 3 is 2.60 bits per heavy atom. The average Bonchev–Trinajstić information content (AvgIpc) is 2.94. The minimum atomic E-state index is -0.661. The predicted octanol–water partition coefficient (Wildman–Crippen LogP) is 1.72. The van der Waals surface area contributed by atoms with Gasteiger partial charge in [0.05, 0.1) is 11.3 Å². The van der Waals surface area contributed by atoms with Crippen molar-refractivity contribution in [2.24, 2.45) is 0 Å². The van der Waals surface area contributed by atoms with E-state index < -0.39 is 5.60 Å². The molecule has 1 aromatic heterocycles. The summed E-state index contributed by atoms with van der Waals surface area (Å²) in [6.45, 7) is 4.38. The second kappa shape index (κ2) is 5.95. The minimum Gasteiger partial charge on any atom is -0.388 e. The fraction of sp³-hybridized carbons (Fsp3) is 0.733. The number of aromatic amines is 1. The molecule has 5 nitrogen and oxygen atoms in total. The van der Waals surface area contributed by atoms with E-state index in [1.165, 1.54) is 0 Å². The molecule has 0 bridgehead atoms. The second-order valence-electron chi connectivity index (χ2n) is 6.09. The van der Waals surface area contributed by atoms with Gasteiger partial charge < -0.3 is 10.0 Å². The van der Waals surface area contributed by atoms with E-state index in [1.807, 2.05) is 13.8 Å². The third-order valence-corrected chi connectivity index (χ3v) is 4.36. The monoisotopic (exact) mass is 279 g/mol. The molecule has 1 aliphatic carbocycles. The maximum atomic E-state index is 12.2. The van der Waals surface area contributed by atoms with Crippen LogP contribution in [0.1, 0.15) is 49.1 Å². The van der Waals surface area contributed by atoms with Crippen LogP contribution in [0.4, 0.5) is 0 Å². The lowest BCUT2D eigenvalue weighted by atomic mass is 10.0. The fourth-order valence-corrected chi connectivity index (χ4v) is 3.09. The Kier molecular flexibility index (Phi) is 4.48. The molecule has 0 saturated heterocycles. The van der Waals surface area contributed by atoms with Gasteiger partial charge >= 0.3 is 0 Å². The van der Waals surface area contributed by atoms with Crippen LogP contribution in [0.5, 0.6) is 0 Å². The Labute approximate surface area is 120 Å². The van der Waals surface area contributed by atoms with Gasteiger partial charge in [0.25, 0.3) is 0 Å². The van der Waals surface area contributed by atoms with Crippen LogP contribution < -0.4 is 0 Å². The maximum Gasteiger partial charge on any atom is 0.222 e. The van der Waals surface area contributed by atoms with Crippen LogP contribution in [0, 0.1) is 13.8 Å². The number of H-pyrrole nitrogens is 1. The molecular weight excluding hydrogens is 254 g/mol. The zero-order chi connectivity index (χ0) is 14.8. The highest BCUT2D eigenvalue weighted by atomic mass is 16.3. The van der Waals surface area contributed by atoms with Crippen molar-refractivity contribution in [1.82, 2.24) is 15.1 Å². The molecule has 1 aromatic rings. The number of amides is 1. The van der Waals surface area contributed by atoms with Crippen molar-refractivity contribution in [3.63, 3.8) is 0 Å². The van der Waals surface area contributed by atoms with Crippen LogP contribution in [0.2, 0.25) is 0 Å². The maximum absolute atomic E-state index is 12.2. The molecule has 0 aromatic carbocycles. The summed E-state index contributed by atoms with van der Waals surface area (Å²) in [4.78, 5) is 13.9. The number of likely N-dealkylation sites (N-methyl/N-ethyl adjacent to an activating group) is 1. The molecule has 0 aliphatic heterocycles. The molecule has 1 saturated carbocycles. The molecular formula is C15H25N3O2. The quantitative estimate of drug-likeness (QED) is 0.862. The Morgan fingerprint density at radius 1 is 1.40 bits per heavy atom. The number of carbonyl (C=O) groups excluding carboxylic acids is 1. The summed E-state index contributed by atoms with van der Waals surface area (Å²) in [5, 5.41) is 17.4. The molecule has 0 atom stereocenters. The lowest BCUT2D eigenvalue weighted by molar-refractivity contribution is -0.133. The van der Waals surface area contributed by atoms with E-state index in [4.69, 9.17) is 0 Å². The number of hydrogen-bond acceptors (Lipinski definition) is 3. The van der Waals surface area contributed by atoms with E-state index in [1.54, 1.807) is 11.9 Å². The number of aryl methyl sites for hydroxylation is 2. The number of carbonyl (C=O) groups is 1. The van der Waals surface area contributed by atoms with E-state index in [-0.39, 0.29) is 5.91 Å². The number of aliphatic hydroxyl groups is 1. The second-order valence-corrected chi connectivity index (χ2v) is 6.09. The molecule has 5 heteroatoms. The van der Waals surface area contributed by atoms with Crippen molar-refractivity contribution >= 4 is 5.91 Å². The molecule has 0 unspecified atom stereocenters. The van der Waals surface area contributed by atoms with Crippen LogP contribution in [0.15, 0.2) is 0 Å². The van der Waals surface area contributed by atoms with Crippen molar-refractivity contribution in [2.75, 3.05) is 13.6 Å². The lowest BCUT2D eigenvalue weighted by Crippen LogP contribution is -2.42. The summed E-state index contributed by atoms with van der Waals surface area (Å²) >= 11 is 0. The highest BCUT2D eigenvalue weighted by molar-refractivity contribution is 5.76. The number of nitrogens with one attached hydrogen (secondary N) is 1. The molecule has 2 N–H and O–H groups in total. The molecule has 0 spiro atoms. The molecule has 20 heavy (non-hydrogen) atoms. The van der Waals surface area contributed by atoms with Crippen molar-refractivity contribution in [1.29, 1.82) is 0 Å². The van der Waals surface area contributed by atoms with Gasteiger partial charge in [-0.3, -0.25) is 9.89 Å². The van der Waals surface area contributed by atoms with Gasteiger partial charge in [0.1, 0.15) is 0 Å². The van der Waals surface area contributed by atoms with Gasteiger partial charge in [0.2, 0.25) is 5.91 Å². The summed E-state index contributed by atoms with van der Waals surface area (Å²) in [7, 11) is 1.79. The number of aromatic nitrogens is 2. The lowest BCUT2D eigenvalue weighted by Gasteiger charge is -2.28. The predicted molar refractivity (Wildman–Crippen MR) is 77.4 cm³/mol. The number of nitrogens with zero attached hydrogens (tertiary/aromatic N) is 2. The molecule has 1 heterocycles. The van der Waals surface area contributed by atoms with Crippen LogP contribution in [0.3, 0.4) is 0 Å². The van der Waals surface area contributed by atoms with Gasteiger partial charge in [-0.1, -0.05) is 12.8 Å². The van der Waals surface area contributed by atoms with E-state index in [0.29, 0.717) is 19.4 Å². The first-order chi connectivity index (χ1) is 9.41. The number of rotatable bonds is 5.